The number of fused-ring (bicyclic) bond motifs is 1. The molecule has 1 N–H and O–H groups in total. The molecule has 0 aliphatic heterocycles. The van der Waals surface area contributed by atoms with Crippen molar-refractivity contribution in [2.24, 2.45) is 5.92 Å². The first-order chi connectivity index (χ1) is 13.5. The van der Waals surface area contributed by atoms with Crippen LogP contribution in [0.5, 0.6) is 5.75 Å². The Balaban J connectivity index is 1.41. The third-order valence-electron chi connectivity index (χ3n) is 5.36. The van der Waals surface area contributed by atoms with Crippen LogP contribution in [0.15, 0.2) is 47.8 Å². The van der Waals surface area contributed by atoms with Gasteiger partial charge in [-0.2, -0.15) is 0 Å². The fourth-order valence-electron chi connectivity index (χ4n) is 3.80. The first-order valence-electron chi connectivity index (χ1n) is 9.44. The number of sulfone groups is 1. The molecule has 148 valence electrons. The van der Waals surface area contributed by atoms with Gasteiger partial charge in [0.2, 0.25) is 0 Å². The summed E-state index contributed by atoms with van der Waals surface area (Å²) in [6.07, 6.45) is 5.06. The van der Waals surface area contributed by atoms with Gasteiger partial charge in [-0.15, -0.1) is 0 Å². The van der Waals surface area contributed by atoms with Crippen LogP contribution < -0.4 is 9.64 Å². The van der Waals surface area contributed by atoms with Crippen LogP contribution in [-0.4, -0.2) is 48.8 Å². The molecule has 1 saturated carbocycles. The van der Waals surface area contributed by atoms with Crippen LogP contribution in [0.1, 0.15) is 19.8 Å². The smallest absolute Gasteiger partial charge is 0.178 e. The molecule has 0 saturated heterocycles. The number of nitrogens with zero attached hydrogens (tertiary/aromatic N) is 3. The molecule has 0 unspecified atom stereocenters. The topological polar surface area (TPSA) is 88.2 Å². The van der Waals surface area contributed by atoms with Gasteiger partial charge in [0.15, 0.2) is 9.84 Å². The predicted octanol–water partition coefficient (Wildman–Crippen LogP) is 3.05. The van der Waals surface area contributed by atoms with Gasteiger partial charge in [-0.1, -0.05) is 6.07 Å². The fraction of sp³-hybridized carbons (Fsp3) is 0.400. The molecule has 2 heterocycles. The Labute approximate surface area is 164 Å². The third kappa shape index (κ3) is 3.56. The molecule has 28 heavy (non-hydrogen) atoms. The number of rotatable bonds is 7. The number of benzene rings is 1. The molecule has 0 amide bonds. The Bertz CT molecular complexity index is 1070. The monoisotopic (exact) mass is 400 g/mol. The van der Waals surface area contributed by atoms with Crippen molar-refractivity contribution in [2.75, 3.05) is 24.3 Å². The molecule has 1 aromatic carbocycles. The molecule has 8 heteroatoms. The molecular weight excluding hydrogens is 376 g/mol. The molecule has 4 rings (SSSR count). The minimum Gasteiger partial charge on any atom is -0.494 e. The van der Waals surface area contributed by atoms with Crippen molar-refractivity contribution >= 4 is 26.7 Å². The average molecular weight is 401 g/mol. The lowest BCUT2D eigenvalue weighted by atomic mass is 9.81. The minimum atomic E-state index is -3.33. The summed E-state index contributed by atoms with van der Waals surface area (Å²) in [5, 5.41) is 0.980. The molecule has 3 aromatic rings. The Kier molecular flexibility index (Phi) is 4.97. The number of hydrogen-bond acceptors (Lipinski definition) is 6. The molecule has 0 spiro atoms. The maximum absolute atomic E-state index is 12.8. The maximum Gasteiger partial charge on any atom is 0.178 e. The van der Waals surface area contributed by atoms with E-state index in [0.717, 1.165) is 29.7 Å². The molecule has 1 fully saturated rings. The molecule has 0 atom stereocenters. The van der Waals surface area contributed by atoms with Gasteiger partial charge in [-0.3, -0.25) is 0 Å². The maximum atomic E-state index is 12.8. The average Bonchev–Trinajstić information content (AvgIpc) is 3.13. The van der Waals surface area contributed by atoms with Crippen molar-refractivity contribution in [3.8, 4) is 5.75 Å². The molecule has 1 aliphatic carbocycles. The van der Waals surface area contributed by atoms with E-state index in [-0.39, 0.29) is 17.7 Å². The van der Waals surface area contributed by atoms with Gasteiger partial charge in [0.1, 0.15) is 23.5 Å². The number of aromatic amines is 1. The highest BCUT2D eigenvalue weighted by Crippen LogP contribution is 2.36. The standard InChI is InChI=1S/C20H24N4O3S/c1-3-27-16-5-4-6-17(11-16)28(25,26)12-14-9-15(10-14)24(2)20-18-7-8-21-19(18)22-13-23-20/h4-8,11,13-15H,3,9-10,12H2,1-2H3,(H,21,22,23). The van der Waals surface area contributed by atoms with Crippen LogP contribution in [0.3, 0.4) is 0 Å². The highest BCUT2D eigenvalue weighted by atomic mass is 32.2. The van der Waals surface area contributed by atoms with Crippen LogP contribution >= 0.6 is 0 Å². The van der Waals surface area contributed by atoms with Gasteiger partial charge in [0.25, 0.3) is 0 Å². The summed E-state index contributed by atoms with van der Waals surface area (Å²) in [5.74, 6) is 1.78. The van der Waals surface area contributed by atoms with E-state index in [1.165, 1.54) is 0 Å². The number of anilines is 1. The number of aromatic nitrogens is 3. The van der Waals surface area contributed by atoms with E-state index >= 15 is 0 Å². The summed E-state index contributed by atoms with van der Waals surface area (Å²) in [7, 11) is -1.32. The van der Waals surface area contributed by atoms with Crippen molar-refractivity contribution in [2.45, 2.75) is 30.7 Å². The Morgan fingerprint density at radius 2 is 2.07 bits per heavy atom. The minimum absolute atomic E-state index is 0.150. The van der Waals surface area contributed by atoms with E-state index in [9.17, 15) is 8.42 Å². The molecule has 0 radical (unpaired) electrons. The Morgan fingerprint density at radius 3 is 2.86 bits per heavy atom. The highest BCUT2D eigenvalue weighted by Gasteiger charge is 2.36. The van der Waals surface area contributed by atoms with E-state index in [2.05, 4.69) is 19.9 Å². The quantitative estimate of drug-likeness (QED) is 0.656. The van der Waals surface area contributed by atoms with Crippen molar-refractivity contribution in [3.63, 3.8) is 0 Å². The van der Waals surface area contributed by atoms with Gasteiger partial charge >= 0.3 is 0 Å². The molecular formula is C20H24N4O3S. The van der Waals surface area contributed by atoms with E-state index in [0.29, 0.717) is 17.3 Å². The summed E-state index contributed by atoms with van der Waals surface area (Å²) >= 11 is 0. The van der Waals surface area contributed by atoms with Gasteiger partial charge < -0.3 is 14.6 Å². The van der Waals surface area contributed by atoms with Gasteiger partial charge in [-0.25, -0.2) is 18.4 Å². The lowest BCUT2D eigenvalue weighted by Gasteiger charge is -2.41. The summed E-state index contributed by atoms with van der Waals surface area (Å²) in [4.78, 5) is 14.2. The van der Waals surface area contributed by atoms with E-state index < -0.39 is 9.84 Å². The summed E-state index contributed by atoms with van der Waals surface area (Å²) in [6, 6.07) is 9.01. The second kappa shape index (κ2) is 7.43. The Morgan fingerprint density at radius 1 is 1.25 bits per heavy atom. The zero-order chi connectivity index (χ0) is 19.7. The number of hydrogen-bond donors (Lipinski definition) is 1. The summed E-state index contributed by atoms with van der Waals surface area (Å²) in [6.45, 7) is 2.39. The lowest BCUT2D eigenvalue weighted by Crippen LogP contribution is -2.45. The normalized spacial score (nSPS) is 19.4. The van der Waals surface area contributed by atoms with Gasteiger partial charge in [0.05, 0.1) is 22.6 Å². The zero-order valence-electron chi connectivity index (χ0n) is 16.0. The highest BCUT2D eigenvalue weighted by molar-refractivity contribution is 7.91. The first kappa shape index (κ1) is 18.7. The van der Waals surface area contributed by atoms with Crippen LogP contribution in [0.25, 0.3) is 11.0 Å². The molecule has 2 aromatic heterocycles. The van der Waals surface area contributed by atoms with Crippen molar-refractivity contribution in [1.29, 1.82) is 0 Å². The predicted molar refractivity (Wildman–Crippen MR) is 108 cm³/mol. The number of ether oxygens (including phenoxy) is 1. The summed E-state index contributed by atoms with van der Waals surface area (Å²) in [5.41, 5.74) is 0.810. The van der Waals surface area contributed by atoms with Crippen LogP contribution in [0, 0.1) is 5.92 Å². The third-order valence-corrected chi connectivity index (χ3v) is 7.24. The molecule has 1 aliphatic rings. The number of nitrogens with one attached hydrogen (secondary N) is 1. The summed E-state index contributed by atoms with van der Waals surface area (Å²) < 4.78 is 31.0. The zero-order valence-corrected chi connectivity index (χ0v) is 16.8. The lowest BCUT2D eigenvalue weighted by molar-refractivity contribution is 0.282. The second-order valence-corrected chi connectivity index (χ2v) is 9.26. The van der Waals surface area contributed by atoms with Gasteiger partial charge in [0, 0.05) is 19.3 Å². The van der Waals surface area contributed by atoms with E-state index in [1.54, 1.807) is 30.6 Å². The molecule has 0 bridgehead atoms. The van der Waals surface area contributed by atoms with Crippen LogP contribution in [0.4, 0.5) is 5.82 Å². The second-order valence-electron chi connectivity index (χ2n) is 7.23. The SMILES string of the molecule is CCOc1cccc(S(=O)(=O)CC2CC(N(C)c3ncnc4[nH]ccc34)C2)c1. The Hall–Kier alpha value is -2.61. The number of H-pyrrole nitrogens is 1. The van der Waals surface area contributed by atoms with Crippen molar-refractivity contribution < 1.29 is 13.2 Å². The van der Waals surface area contributed by atoms with Crippen LogP contribution in [-0.2, 0) is 9.84 Å². The van der Waals surface area contributed by atoms with Crippen molar-refractivity contribution in [3.05, 3.63) is 42.9 Å². The van der Waals surface area contributed by atoms with Gasteiger partial charge in [-0.05, 0) is 49.9 Å². The first-order valence-corrected chi connectivity index (χ1v) is 11.1. The van der Waals surface area contributed by atoms with Crippen LogP contribution in [0.2, 0.25) is 0 Å². The largest absolute Gasteiger partial charge is 0.494 e. The fourth-order valence-corrected chi connectivity index (χ4v) is 5.46. The van der Waals surface area contributed by atoms with E-state index in [1.807, 2.05) is 26.2 Å². The van der Waals surface area contributed by atoms with E-state index in [4.69, 9.17) is 4.74 Å². The van der Waals surface area contributed by atoms with Crippen molar-refractivity contribution in [1.82, 2.24) is 15.0 Å². The molecule has 7 nitrogen and oxygen atoms in total.